The Morgan fingerprint density at radius 1 is 1.21 bits per heavy atom. The van der Waals surface area contributed by atoms with E-state index in [1.165, 1.54) is 5.56 Å². The molecule has 0 radical (unpaired) electrons. The Bertz CT molecular complexity index is 388. The largest absolute Gasteiger partial charge is 0.481 e. The molecule has 1 rings (SSSR count). The summed E-state index contributed by atoms with van der Waals surface area (Å²) in [5.74, 6) is 0.624. The van der Waals surface area contributed by atoms with Crippen LogP contribution < -0.4 is 15.4 Å². The molecule has 0 saturated heterocycles. The maximum Gasteiger partial charge on any atom is 0.260 e. The first kappa shape index (κ1) is 15.5. The van der Waals surface area contributed by atoms with Crippen LogP contribution in [0, 0.1) is 0 Å². The van der Waals surface area contributed by atoms with Crippen molar-refractivity contribution < 1.29 is 9.53 Å². The SMILES string of the molecule is CCNCc1ccc(OC(C)C(=O)NC(C)C)cc1. The van der Waals surface area contributed by atoms with Crippen LogP contribution in [0.15, 0.2) is 24.3 Å². The number of nitrogens with one attached hydrogen (secondary N) is 2. The molecule has 0 bridgehead atoms. The first-order valence-electron chi connectivity index (χ1n) is 6.79. The number of amides is 1. The summed E-state index contributed by atoms with van der Waals surface area (Å²) < 4.78 is 5.60. The lowest BCUT2D eigenvalue weighted by Gasteiger charge is -2.16. The third kappa shape index (κ3) is 5.75. The van der Waals surface area contributed by atoms with Crippen LogP contribution in [0.3, 0.4) is 0 Å². The van der Waals surface area contributed by atoms with Gasteiger partial charge in [-0.3, -0.25) is 4.79 Å². The first-order valence-corrected chi connectivity index (χ1v) is 6.79. The van der Waals surface area contributed by atoms with Gasteiger partial charge in [0, 0.05) is 12.6 Å². The van der Waals surface area contributed by atoms with Crippen molar-refractivity contribution in [1.29, 1.82) is 0 Å². The van der Waals surface area contributed by atoms with Crippen molar-refractivity contribution in [2.75, 3.05) is 6.54 Å². The van der Waals surface area contributed by atoms with Crippen molar-refractivity contribution in [1.82, 2.24) is 10.6 Å². The van der Waals surface area contributed by atoms with Crippen LogP contribution >= 0.6 is 0 Å². The minimum absolute atomic E-state index is 0.0910. The van der Waals surface area contributed by atoms with Gasteiger partial charge in [0.2, 0.25) is 0 Å². The Hall–Kier alpha value is -1.55. The van der Waals surface area contributed by atoms with Gasteiger partial charge in [-0.25, -0.2) is 0 Å². The highest BCUT2D eigenvalue weighted by molar-refractivity contribution is 5.80. The van der Waals surface area contributed by atoms with Gasteiger partial charge in [0.25, 0.3) is 5.91 Å². The molecular weight excluding hydrogens is 240 g/mol. The molecule has 0 spiro atoms. The van der Waals surface area contributed by atoms with E-state index in [0.717, 1.165) is 13.1 Å². The van der Waals surface area contributed by atoms with Gasteiger partial charge in [-0.2, -0.15) is 0 Å². The number of benzene rings is 1. The van der Waals surface area contributed by atoms with Crippen LogP contribution in [0.25, 0.3) is 0 Å². The average Bonchev–Trinajstić information content (AvgIpc) is 2.37. The zero-order valence-electron chi connectivity index (χ0n) is 12.2. The second-order valence-corrected chi connectivity index (χ2v) is 4.85. The Kier molecular flexibility index (Phi) is 6.36. The third-order valence-electron chi connectivity index (χ3n) is 2.62. The molecular formula is C15H24N2O2. The van der Waals surface area contributed by atoms with Gasteiger partial charge < -0.3 is 15.4 Å². The van der Waals surface area contributed by atoms with E-state index in [9.17, 15) is 4.79 Å². The summed E-state index contributed by atoms with van der Waals surface area (Å²) in [4.78, 5) is 11.7. The Morgan fingerprint density at radius 3 is 2.37 bits per heavy atom. The highest BCUT2D eigenvalue weighted by Crippen LogP contribution is 2.14. The van der Waals surface area contributed by atoms with E-state index >= 15 is 0 Å². The molecule has 2 N–H and O–H groups in total. The Balaban J connectivity index is 2.50. The van der Waals surface area contributed by atoms with Gasteiger partial charge in [-0.05, 0) is 45.0 Å². The van der Waals surface area contributed by atoms with E-state index in [4.69, 9.17) is 4.74 Å². The van der Waals surface area contributed by atoms with Crippen molar-refractivity contribution in [2.45, 2.75) is 46.4 Å². The van der Waals surface area contributed by atoms with E-state index in [1.54, 1.807) is 6.92 Å². The van der Waals surface area contributed by atoms with Gasteiger partial charge in [0.05, 0.1) is 0 Å². The van der Waals surface area contributed by atoms with Crippen LogP contribution in [-0.4, -0.2) is 24.6 Å². The van der Waals surface area contributed by atoms with Crippen LogP contribution in [-0.2, 0) is 11.3 Å². The summed E-state index contributed by atoms with van der Waals surface area (Å²) in [6.07, 6.45) is -0.484. The fourth-order valence-electron chi connectivity index (χ4n) is 1.61. The molecule has 1 unspecified atom stereocenters. The van der Waals surface area contributed by atoms with E-state index < -0.39 is 6.10 Å². The fourth-order valence-corrected chi connectivity index (χ4v) is 1.61. The lowest BCUT2D eigenvalue weighted by Crippen LogP contribution is -2.40. The monoisotopic (exact) mass is 264 g/mol. The second kappa shape index (κ2) is 7.79. The number of carbonyl (C=O) groups is 1. The van der Waals surface area contributed by atoms with Gasteiger partial charge >= 0.3 is 0 Å². The summed E-state index contributed by atoms with van der Waals surface area (Å²) >= 11 is 0. The lowest BCUT2D eigenvalue weighted by atomic mass is 10.2. The summed E-state index contributed by atoms with van der Waals surface area (Å²) in [6.45, 7) is 9.49. The second-order valence-electron chi connectivity index (χ2n) is 4.85. The number of ether oxygens (including phenoxy) is 1. The molecule has 1 aromatic rings. The summed E-state index contributed by atoms with van der Waals surface area (Å²) in [6, 6.07) is 7.93. The molecule has 0 fully saturated rings. The van der Waals surface area contributed by atoms with Crippen LogP contribution in [0.2, 0.25) is 0 Å². The number of carbonyl (C=O) groups excluding carboxylic acids is 1. The summed E-state index contributed by atoms with van der Waals surface area (Å²) in [7, 11) is 0. The normalized spacial score (nSPS) is 12.3. The fraction of sp³-hybridized carbons (Fsp3) is 0.533. The van der Waals surface area contributed by atoms with Crippen LogP contribution in [0.5, 0.6) is 5.75 Å². The molecule has 1 atom stereocenters. The first-order chi connectivity index (χ1) is 9.02. The van der Waals surface area contributed by atoms with Crippen LogP contribution in [0.1, 0.15) is 33.3 Å². The molecule has 19 heavy (non-hydrogen) atoms. The van der Waals surface area contributed by atoms with Crippen LogP contribution in [0.4, 0.5) is 0 Å². The minimum atomic E-state index is -0.484. The van der Waals surface area contributed by atoms with Gasteiger partial charge in [-0.15, -0.1) is 0 Å². The van der Waals surface area contributed by atoms with Gasteiger partial charge in [0.15, 0.2) is 6.10 Å². The molecule has 0 heterocycles. The molecule has 0 aromatic heterocycles. The highest BCUT2D eigenvalue weighted by atomic mass is 16.5. The molecule has 0 aliphatic heterocycles. The highest BCUT2D eigenvalue weighted by Gasteiger charge is 2.14. The zero-order chi connectivity index (χ0) is 14.3. The molecule has 4 nitrogen and oxygen atoms in total. The Labute approximate surface area is 115 Å². The third-order valence-corrected chi connectivity index (χ3v) is 2.62. The standard InChI is InChI=1S/C15H24N2O2/c1-5-16-10-13-6-8-14(9-7-13)19-12(4)15(18)17-11(2)3/h6-9,11-12,16H,5,10H2,1-4H3,(H,17,18). The van der Waals surface area contributed by atoms with E-state index in [0.29, 0.717) is 5.75 Å². The quantitative estimate of drug-likeness (QED) is 0.793. The predicted octanol–water partition coefficient (Wildman–Crippen LogP) is 2.09. The maximum atomic E-state index is 11.7. The van der Waals surface area contributed by atoms with E-state index in [-0.39, 0.29) is 11.9 Å². The topological polar surface area (TPSA) is 50.4 Å². The van der Waals surface area contributed by atoms with Crippen molar-refractivity contribution in [3.63, 3.8) is 0 Å². The van der Waals surface area contributed by atoms with Gasteiger partial charge in [0.1, 0.15) is 5.75 Å². The summed E-state index contributed by atoms with van der Waals surface area (Å²) in [5, 5.41) is 6.09. The average molecular weight is 264 g/mol. The van der Waals surface area contributed by atoms with Crippen molar-refractivity contribution in [3.8, 4) is 5.75 Å². The van der Waals surface area contributed by atoms with Gasteiger partial charge in [-0.1, -0.05) is 19.1 Å². The molecule has 106 valence electrons. The molecule has 0 aliphatic rings. The summed E-state index contributed by atoms with van der Waals surface area (Å²) in [5.41, 5.74) is 1.20. The molecule has 4 heteroatoms. The Morgan fingerprint density at radius 2 is 1.84 bits per heavy atom. The molecule has 1 aromatic carbocycles. The van der Waals surface area contributed by atoms with E-state index in [2.05, 4.69) is 17.6 Å². The number of hydrogen-bond acceptors (Lipinski definition) is 3. The minimum Gasteiger partial charge on any atom is -0.481 e. The zero-order valence-corrected chi connectivity index (χ0v) is 12.2. The smallest absolute Gasteiger partial charge is 0.260 e. The maximum absolute atomic E-state index is 11.7. The predicted molar refractivity (Wildman–Crippen MR) is 77.2 cm³/mol. The van der Waals surface area contributed by atoms with Crippen molar-refractivity contribution in [3.05, 3.63) is 29.8 Å². The van der Waals surface area contributed by atoms with Crippen molar-refractivity contribution in [2.24, 2.45) is 0 Å². The van der Waals surface area contributed by atoms with Crippen molar-refractivity contribution >= 4 is 5.91 Å². The number of hydrogen-bond donors (Lipinski definition) is 2. The van der Waals surface area contributed by atoms with E-state index in [1.807, 2.05) is 38.1 Å². The lowest BCUT2D eigenvalue weighted by molar-refractivity contribution is -0.127. The molecule has 1 amide bonds. The molecule has 0 aliphatic carbocycles. The molecule has 0 saturated carbocycles. The number of rotatable bonds is 7.